The zero-order valence-corrected chi connectivity index (χ0v) is 14.8. The molecule has 7 heteroatoms. The Balaban J connectivity index is 1.75. The first kappa shape index (κ1) is 19.3. The minimum atomic E-state index is -1.19. The predicted octanol–water partition coefficient (Wildman–Crippen LogP) is 2.13. The van der Waals surface area contributed by atoms with Crippen molar-refractivity contribution in [2.75, 3.05) is 18.8 Å². The molecule has 1 heterocycles. The van der Waals surface area contributed by atoms with Gasteiger partial charge >= 0.3 is 11.9 Å². The fourth-order valence-electron chi connectivity index (χ4n) is 2.97. The summed E-state index contributed by atoms with van der Waals surface area (Å²) < 4.78 is 0. The van der Waals surface area contributed by atoms with Crippen LogP contribution in [0.2, 0.25) is 0 Å². The minimum absolute atomic E-state index is 0.00754. The quantitative estimate of drug-likeness (QED) is 0.733. The number of carbonyl (C=O) groups is 3. The van der Waals surface area contributed by atoms with Gasteiger partial charge in [-0.15, -0.1) is 11.8 Å². The van der Waals surface area contributed by atoms with E-state index in [0.717, 1.165) is 31.0 Å². The van der Waals surface area contributed by atoms with Crippen molar-refractivity contribution in [2.24, 2.45) is 5.92 Å². The van der Waals surface area contributed by atoms with E-state index in [0.29, 0.717) is 19.0 Å². The summed E-state index contributed by atoms with van der Waals surface area (Å²) in [5.41, 5.74) is 1.31. The normalized spacial score (nSPS) is 16.4. The summed E-state index contributed by atoms with van der Waals surface area (Å²) in [6.07, 6.45) is 2.40. The molecule has 0 aromatic heterocycles. The first-order valence-electron chi connectivity index (χ1n) is 8.33. The molecule has 0 aliphatic carbocycles. The van der Waals surface area contributed by atoms with Crippen molar-refractivity contribution in [2.45, 2.75) is 30.9 Å². The number of carbonyl (C=O) groups excluding carboxylic acids is 1. The number of hydrogen-bond acceptors (Lipinski definition) is 4. The van der Waals surface area contributed by atoms with Gasteiger partial charge in [0, 0.05) is 13.1 Å². The molecule has 0 spiro atoms. The van der Waals surface area contributed by atoms with Crippen LogP contribution in [0.4, 0.5) is 0 Å². The van der Waals surface area contributed by atoms with Crippen LogP contribution in [0, 0.1) is 5.92 Å². The minimum Gasteiger partial charge on any atom is -0.481 e. The van der Waals surface area contributed by atoms with Crippen LogP contribution < -0.4 is 0 Å². The van der Waals surface area contributed by atoms with Crippen LogP contribution in [0.15, 0.2) is 30.3 Å². The molecular formula is C18H23NO5S. The van der Waals surface area contributed by atoms with Crippen LogP contribution >= 0.6 is 11.8 Å². The highest BCUT2D eigenvalue weighted by molar-refractivity contribution is 8.01. The second kappa shape index (κ2) is 9.46. The Kier molecular flexibility index (Phi) is 7.31. The molecule has 1 aromatic rings. The molecular weight excluding hydrogens is 342 g/mol. The second-order valence-electron chi connectivity index (χ2n) is 6.25. The first-order chi connectivity index (χ1) is 12.0. The summed E-state index contributed by atoms with van der Waals surface area (Å²) >= 11 is 0.892. The van der Waals surface area contributed by atoms with Crippen molar-refractivity contribution in [3.63, 3.8) is 0 Å². The summed E-state index contributed by atoms with van der Waals surface area (Å²) in [5.74, 6) is -1.92. The highest BCUT2D eigenvalue weighted by atomic mass is 32.2. The van der Waals surface area contributed by atoms with E-state index in [1.807, 2.05) is 18.2 Å². The molecule has 0 bridgehead atoms. The Morgan fingerprint density at radius 2 is 1.76 bits per heavy atom. The summed E-state index contributed by atoms with van der Waals surface area (Å²) in [6.45, 7) is 1.35. The number of aliphatic carboxylic acids is 2. The van der Waals surface area contributed by atoms with Crippen LogP contribution in [-0.4, -0.2) is 57.1 Å². The van der Waals surface area contributed by atoms with Crippen LogP contribution in [0.25, 0.3) is 0 Å². The standard InChI is InChI=1S/C18H23NO5S/c20-16(12-25-15(18(23)24)11-17(21)22)19-8-6-14(7-9-19)10-13-4-2-1-3-5-13/h1-5,14-15H,6-12H2,(H,21,22)(H,23,24)/t15-/m1/s1. The van der Waals surface area contributed by atoms with Gasteiger partial charge in [-0.25, -0.2) is 0 Å². The molecule has 2 rings (SSSR count). The summed E-state index contributed by atoms with van der Waals surface area (Å²) in [4.78, 5) is 35.7. The highest BCUT2D eigenvalue weighted by Gasteiger charge is 2.26. The van der Waals surface area contributed by atoms with Gasteiger partial charge in [-0.2, -0.15) is 0 Å². The van der Waals surface area contributed by atoms with Crippen molar-refractivity contribution in [1.29, 1.82) is 0 Å². The molecule has 1 amide bonds. The monoisotopic (exact) mass is 365 g/mol. The molecule has 25 heavy (non-hydrogen) atoms. The van der Waals surface area contributed by atoms with E-state index in [1.54, 1.807) is 4.90 Å². The molecule has 6 nitrogen and oxygen atoms in total. The van der Waals surface area contributed by atoms with Crippen LogP contribution in [0.3, 0.4) is 0 Å². The van der Waals surface area contributed by atoms with Gasteiger partial charge in [0.2, 0.25) is 5.91 Å². The van der Waals surface area contributed by atoms with Crippen molar-refractivity contribution < 1.29 is 24.6 Å². The topological polar surface area (TPSA) is 94.9 Å². The van der Waals surface area contributed by atoms with Crippen LogP contribution in [0.5, 0.6) is 0 Å². The van der Waals surface area contributed by atoms with Crippen LogP contribution in [0.1, 0.15) is 24.8 Å². The van der Waals surface area contributed by atoms with E-state index >= 15 is 0 Å². The zero-order valence-electron chi connectivity index (χ0n) is 14.0. The van der Waals surface area contributed by atoms with Crippen molar-refractivity contribution in [3.05, 3.63) is 35.9 Å². The fourth-order valence-corrected chi connectivity index (χ4v) is 3.90. The second-order valence-corrected chi connectivity index (χ2v) is 7.44. The average molecular weight is 365 g/mol. The maximum absolute atomic E-state index is 12.2. The Hall–Kier alpha value is -2.02. The number of carboxylic acid groups (broad SMARTS) is 2. The van der Waals surface area contributed by atoms with E-state index in [1.165, 1.54) is 5.56 Å². The molecule has 1 aliphatic heterocycles. The third-order valence-corrected chi connectivity index (χ3v) is 5.56. The molecule has 136 valence electrons. The molecule has 1 fully saturated rings. The van der Waals surface area contributed by atoms with Gasteiger partial charge < -0.3 is 15.1 Å². The third-order valence-electron chi connectivity index (χ3n) is 4.38. The Morgan fingerprint density at radius 3 is 2.32 bits per heavy atom. The Bertz CT molecular complexity index is 599. The number of piperidine rings is 1. The van der Waals surface area contributed by atoms with E-state index in [4.69, 9.17) is 10.2 Å². The van der Waals surface area contributed by atoms with E-state index in [2.05, 4.69) is 12.1 Å². The number of hydrogen-bond donors (Lipinski definition) is 2. The number of thioether (sulfide) groups is 1. The molecule has 0 unspecified atom stereocenters. The number of benzene rings is 1. The average Bonchev–Trinajstić information content (AvgIpc) is 2.59. The summed E-state index contributed by atoms with van der Waals surface area (Å²) in [6, 6.07) is 10.3. The van der Waals surface area contributed by atoms with Crippen molar-refractivity contribution in [3.8, 4) is 0 Å². The molecule has 0 saturated carbocycles. The van der Waals surface area contributed by atoms with E-state index < -0.39 is 23.6 Å². The molecule has 1 saturated heterocycles. The summed E-state index contributed by atoms with van der Waals surface area (Å²) in [7, 11) is 0. The Morgan fingerprint density at radius 1 is 1.12 bits per heavy atom. The lowest BCUT2D eigenvalue weighted by Gasteiger charge is -2.32. The van der Waals surface area contributed by atoms with Gasteiger partial charge in [-0.3, -0.25) is 14.4 Å². The fraction of sp³-hybridized carbons (Fsp3) is 0.500. The largest absolute Gasteiger partial charge is 0.481 e. The number of nitrogens with zero attached hydrogens (tertiary/aromatic N) is 1. The first-order valence-corrected chi connectivity index (χ1v) is 9.38. The number of amides is 1. The maximum Gasteiger partial charge on any atom is 0.317 e. The van der Waals surface area contributed by atoms with Gasteiger partial charge in [0.1, 0.15) is 5.25 Å². The van der Waals surface area contributed by atoms with Gasteiger partial charge in [0.15, 0.2) is 0 Å². The number of rotatable bonds is 8. The molecule has 2 N–H and O–H groups in total. The number of likely N-dealkylation sites (tertiary alicyclic amines) is 1. The van der Waals surface area contributed by atoms with Gasteiger partial charge in [0.05, 0.1) is 12.2 Å². The lowest BCUT2D eigenvalue weighted by atomic mass is 9.90. The lowest BCUT2D eigenvalue weighted by molar-refractivity contribution is -0.143. The predicted molar refractivity (Wildman–Crippen MR) is 95.6 cm³/mol. The SMILES string of the molecule is O=C(O)C[C@@H](SCC(=O)N1CCC(Cc2ccccc2)CC1)C(=O)O. The van der Waals surface area contributed by atoms with Gasteiger partial charge in [-0.1, -0.05) is 30.3 Å². The molecule has 1 aromatic carbocycles. The smallest absolute Gasteiger partial charge is 0.317 e. The zero-order chi connectivity index (χ0) is 18.2. The van der Waals surface area contributed by atoms with Crippen molar-refractivity contribution in [1.82, 2.24) is 4.90 Å². The summed E-state index contributed by atoms with van der Waals surface area (Å²) in [5, 5.41) is 16.7. The maximum atomic E-state index is 12.2. The lowest BCUT2D eigenvalue weighted by Crippen LogP contribution is -2.40. The molecule has 1 atom stereocenters. The van der Waals surface area contributed by atoms with E-state index in [-0.39, 0.29) is 11.7 Å². The number of carboxylic acids is 2. The highest BCUT2D eigenvalue weighted by Crippen LogP contribution is 2.23. The van der Waals surface area contributed by atoms with Gasteiger partial charge in [0.25, 0.3) is 0 Å². The van der Waals surface area contributed by atoms with E-state index in [9.17, 15) is 14.4 Å². The Labute approximate surface area is 151 Å². The molecule has 0 radical (unpaired) electrons. The van der Waals surface area contributed by atoms with Gasteiger partial charge in [-0.05, 0) is 30.7 Å². The third kappa shape index (κ3) is 6.42. The molecule has 1 aliphatic rings. The van der Waals surface area contributed by atoms with Crippen molar-refractivity contribution >= 4 is 29.6 Å². The van der Waals surface area contributed by atoms with Crippen LogP contribution in [-0.2, 0) is 20.8 Å².